The highest BCUT2D eigenvalue weighted by molar-refractivity contribution is 5.81. The lowest BCUT2D eigenvalue weighted by Crippen LogP contribution is -2.24. The van der Waals surface area contributed by atoms with E-state index in [0.29, 0.717) is 17.3 Å². The standard InChI is InChI=1S/C16H13N3O4/c20-16(19-17-10-12-4-3-9-21-12)11-22-14-6-2-1-5-13(14)15-7-8-18-23-15/h1-10H,11H2,(H,19,20)/b17-10+. The Bertz CT molecular complexity index is 780. The largest absolute Gasteiger partial charge is 0.483 e. The lowest BCUT2D eigenvalue weighted by Gasteiger charge is -2.08. The fourth-order valence-corrected chi connectivity index (χ4v) is 1.86. The molecule has 0 fully saturated rings. The normalized spacial score (nSPS) is 10.8. The zero-order valence-corrected chi connectivity index (χ0v) is 12.0. The first-order valence-corrected chi connectivity index (χ1v) is 6.81. The number of carbonyl (C=O) groups is 1. The van der Waals surface area contributed by atoms with Crippen LogP contribution in [0, 0.1) is 0 Å². The van der Waals surface area contributed by atoms with Crippen LogP contribution >= 0.6 is 0 Å². The zero-order chi connectivity index (χ0) is 15.9. The average Bonchev–Trinajstić information content (AvgIpc) is 3.27. The molecule has 1 amide bonds. The zero-order valence-electron chi connectivity index (χ0n) is 12.0. The Labute approximate surface area is 131 Å². The van der Waals surface area contributed by atoms with Crippen LogP contribution in [0.2, 0.25) is 0 Å². The Morgan fingerprint density at radius 2 is 2.17 bits per heavy atom. The highest BCUT2D eigenvalue weighted by Gasteiger charge is 2.10. The molecule has 0 aliphatic rings. The second kappa shape index (κ2) is 7.08. The summed E-state index contributed by atoms with van der Waals surface area (Å²) in [6, 6.07) is 12.4. The second-order valence-electron chi connectivity index (χ2n) is 4.47. The van der Waals surface area contributed by atoms with Crippen LogP contribution in [0.4, 0.5) is 0 Å². The molecule has 0 atom stereocenters. The number of rotatable bonds is 6. The van der Waals surface area contributed by atoms with Crippen molar-refractivity contribution < 1.29 is 18.5 Å². The number of hydrogen-bond donors (Lipinski definition) is 1. The molecule has 0 saturated heterocycles. The molecule has 0 spiro atoms. The van der Waals surface area contributed by atoms with Crippen molar-refractivity contribution in [2.24, 2.45) is 5.10 Å². The molecule has 7 nitrogen and oxygen atoms in total. The smallest absolute Gasteiger partial charge is 0.277 e. The van der Waals surface area contributed by atoms with Crippen molar-refractivity contribution >= 4 is 12.1 Å². The minimum atomic E-state index is -0.389. The molecule has 3 aromatic rings. The summed E-state index contributed by atoms with van der Waals surface area (Å²) in [7, 11) is 0. The van der Waals surface area contributed by atoms with Gasteiger partial charge in [-0.3, -0.25) is 4.79 Å². The summed E-state index contributed by atoms with van der Waals surface area (Å²) in [5.74, 6) is 1.24. The molecule has 0 unspecified atom stereocenters. The number of furan rings is 1. The first kappa shape index (κ1) is 14.6. The van der Waals surface area contributed by atoms with Gasteiger partial charge in [-0.2, -0.15) is 5.10 Å². The average molecular weight is 311 g/mol. The Balaban J connectivity index is 1.57. The second-order valence-corrected chi connectivity index (χ2v) is 4.47. The van der Waals surface area contributed by atoms with Crippen LogP contribution in [0.3, 0.4) is 0 Å². The van der Waals surface area contributed by atoms with E-state index in [9.17, 15) is 4.79 Å². The fraction of sp³-hybridized carbons (Fsp3) is 0.0625. The summed E-state index contributed by atoms with van der Waals surface area (Å²) in [6.07, 6.45) is 4.47. The van der Waals surface area contributed by atoms with Crippen molar-refractivity contribution in [2.75, 3.05) is 6.61 Å². The van der Waals surface area contributed by atoms with Gasteiger partial charge in [0.25, 0.3) is 5.91 Å². The lowest BCUT2D eigenvalue weighted by atomic mass is 10.1. The highest BCUT2D eigenvalue weighted by Crippen LogP contribution is 2.29. The summed E-state index contributed by atoms with van der Waals surface area (Å²) in [5, 5.41) is 7.43. The maximum absolute atomic E-state index is 11.7. The summed E-state index contributed by atoms with van der Waals surface area (Å²) < 4.78 is 15.7. The molecule has 0 radical (unpaired) electrons. The molecule has 0 bridgehead atoms. The first-order chi connectivity index (χ1) is 11.3. The number of nitrogens with zero attached hydrogens (tertiary/aromatic N) is 2. The van der Waals surface area contributed by atoms with E-state index >= 15 is 0 Å². The minimum absolute atomic E-state index is 0.180. The number of hydrogen-bond acceptors (Lipinski definition) is 6. The van der Waals surface area contributed by atoms with Crippen LogP contribution in [0.15, 0.2) is 69.0 Å². The van der Waals surface area contributed by atoms with Crippen LogP contribution in [-0.4, -0.2) is 23.9 Å². The molecule has 0 aliphatic carbocycles. The third-order valence-corrected chi connectivity index (χ3v) is 2.87. The molecule has 0 aliphatic heterocycles. The molecule has 2 heterocycles. The summed E-state index contributed by atoms with van der Waals surface area (Å²) in [5.41, 5.74) is 3.07. The predicted octanol–water partition coefficient (Wildman–Crippen LogP) is 2.46. The van der Waals surface area contributed by atoms with Crippen LogP contribution < -0.4 is 10.2 Å². The number of nitrogens with one attached hydrogen (secondary N) is 1. The third kappa shape index (κ3) is 3.85. The maximum Gasteiger partial charge on any atom is 0.277 e. The molecule has 116 valence electrons. The first-order valence-electron chi connectivity index (χ1n) is 6.81. The van der Waals surface area contributed by atoms with Crippen LogP contribution in [0.1, 0.15) is 5.76 Å². The van der Waals surface area contributed by atoms with E-state index in [4.69, 9.17) is 13.7 Å². The number of carbonyl (C=O) groups excluding carboxylic acids is 1. The monoisotopic (exact) mass is 311 g/mol. The molecule has 2 aromatic heterocycles. The number of aromatic nitrogens is 1. The molecule has 7 heteroatoms. The van der Waals surface area contributed by atoms with Gasteiger partial charge in [-0.15, -0.1) is 0 Å². The quantitative estimate of drug-likeness (QED) is 0.558. The van der Waals surface area contributed by atoms with Crippen molar-refractivity contribution in [1.82, 2.24) is 10.6 Å². The summed E-state index contributed by atoms with van der Waals surface area (Å²) in [6.45, 7) is -0.180. The van der Waals surface area contributed by atoms with Gasteiger partial charge in [0.2, 0.25) is 0 Å². The van der Waals surface area contributed by atoms with E-state index < -0.39 is 0 Å². The molecule has 3 rings (SSSR count). The number of amides is 1. The fourth-order valence-electron chi connectivity index (χ4n) is 1.86. The van der Waals surface area contributed by atoms with Gasteiger partial charge in [-0.1, -0.05) is 17.3 Å². The molecular formula is C16H13N3O4. The highest BCUT2D eigenvalue weighted by atomic mass is 16.5. The van der Waals surface area contributed by atoms with E-state index in [1.165, 1.54) is 12.5 Å². The Kier molecular flexibility index (Phi) is 4.49. The predicted molar refractivity (Wildman–Crippen MR) is 81.9 cm³/mol. The van der Waals surface area contributed by atoms with Crippen LogP contribution in [0.5, 0.6) is 5.75 Å². The minimum Gasteiger partial charge on any atom is -0.483 e. The van der Waals surface area contributed by atoms with Gasteiger partial charge in [0.15, 0.2) is 12.4 Å². The van der Waals surface area contributed by atoms with Crippen molar-refractivity contribution in [2.45, 2.75) is 0 Å². The van der Waals surface area contributed by atoms with Gasteiger partial charge < -0.3 is 13.7 Å². The van der Waals surface area contributed by atoms with Gasteiger partial charge >= 0.3 is 0 Å². The number of ether oxygens (including phenoxy) is 1. The Hall–Kier alpha value is -3.35. The molecular weight excluding hydrogens is 298 g/mol. The lowest BCUT2D eigenvalue weighted by molar-refractivity contribution is -0.123. The number of para-hydroxylation sites is 1. The van der Waals surface area contributed by atoms with Gasteiger partial charge in [0, 0.05) is 6.07 Å². The topological polar surface area (TPSA) is 89.9 Å². The SMILES string of the molecule is O=C(COc1ccccc1-c1ccno1)N/N=C/c1ccco1. The van der Waals surface area contributed by atoms with Crippen molar-refractivity contribution in [3.63, 3.8) is 0 Å². The molecule has 1 N–H and O–H groups in total. The number of hydrazone groups is 1. The van der Waals surface area contributed by atoms with Crippen molar-refractivity contribution in [1.29, 1.82) is 0 Å². The van der Waals surface area contributed by atoms with Crippen molar-refractivity contribution in [3.8, 4) is 17.1 Å². The van der Waals surface area contributed by atoms with Crippen LogP contribution in [0.25, 0.3) is 11.3 Å². The van der Waals surface area contributed by atoms with E-state index in [2.05, 4.69) is 15.7 Å². The van der Waals surface area contributed by atoms with E-state index in [1.54, 1.807) is 30.5 Å². The van der Waals surface area contributed by atoms with Crippen molar-refractivity contribution in [3.05, 3.63) is 60.7 Å². The molecule has 23 heavy (non-hydrogen) atoms. The third-order valence-electron chi connectivity index (χ3n) is 2.87. The molecule has 1 aromatic carbocycles. The van der Waals surface area contributed by atoms with E-state index in [1.807, 2.05) is 18.2 Å². The van der Waals surface area contributed by atoms with Gasteiger partial charge in [-0.25, -0.2) is 5.43 Å². The number of benzene rings is 1. The van der Waals surface area contributed by atoms with Crippen LogP contribution in [-0.2, 0) is 4.79 Å². The summed E-state index contributed by atoms with van der Waals surface area (Å²) in [4.78, 5) is 11.7. The van der Waals surface area contributed by atoms with E-state index in [0.717, 1.165) is 5.56 Å². The molecule has 0 saturated carbocycles. The Morgan fingerprint density at radius 1 is 1.26 bits per heavy atom. The Morgan fingerprint density at radius 3 is 2.96 bits per heavy atom. The van der Waals surface area contributed by atoms with Gasteiger partial charge in [0.1, 0.15) is 11.5 Å². The maximum atomic E-state index is 11.7. The summed E-state index contributed by atoms with van der Waals surface area (Å²) >= 11 is 0. The van der Waals surface area contributed by atoms with Gasteiger partial charge in [0.05, 0.1) is 24.2 Å². The van der Waals surface area contributed by atoms with Gasteiger partial charge in [-0.05, 0) is 24.3 Å². The van der Waals surface area contributed by atoms with E-state index in [-0.39, 0.29) is 12.5 Å².